The number of hydrogen-bond acceptors (Lipinski definition) is 7. The first-order valence-corrected chi connectivity index (χ1v) is 19.5. The van der Waals surface area contributed by atoms with Crippen LogP contribution < -0.4 is 20.1 Å². The third-order valence-corrected chi connectivity index (χ3v) is 11.8. The molecule has 4 heterocycles. The number of rotatable bonds is 9. The number of nitrogens with one attached hydrogen (secondary N) is 2. The second-order valence-corrected chi connectivity index (χ2v) is 15.7. The first-order valence-electron chi connectivity index (χ1n) is 18.7. The number of methoxy groups -OCH3 is 1. The van der Waals surface area contributed by atoms with Crippen LogP contribution in [0, 0.1) is 0 Å². The van der Waals surface area contributed by atoms with E-state index in [4.69, 9.17) is 37.7 Å². The molecular formula is C42H45Cl2N5O4. The van der Waals surface area contributed by atoms with Gasteiger partial charge in [0, 0.05) is 68.8 Å². The number of fused-ring (bicyclic) bond motifs is 1. The minimum absolute atomic E-state index is 0.0914. The summed E-state index contributed by atoms with van der Waals surface area (Å²) in [7, 11) is 1.61. The molecule has 4 aromatic rings. The fourth-order valence-corrected chi connectivity index (χ4v) is 9.06. The lowest BCUT2D eigenvalue weighted by Gasteiger charge is -2.48. The number of carbonyl (C=O) groups excluding carboxylic acids is 2. The Hall–Kier alpha value is -4.15. The molecule has 8 rings (SSSR count). The van der Waals surface area contributed by atoms with Gasteiger partial charge in [-0.3, -0.25) is 19.4 Å². The van der Waals surface area contributed by atoms with Gasteiger partial charge in [-0.25, -0.2) is 0 Å². The zero-order chi connectivity index (χ0) is 36.5. The molecule has 0 bridgehead atoms. The number of hydrogen-bond donors (Lipinski definition) is 2. The molecule has 53 heavy (non-hydrogen) atoms. The Bertz CT molecular complexity index is 2020. The van der Waals surface area contributed by atoms with Gasteiger partial charge in [-0.1, -0.05) is 83.9 Å². The first kappa shape index (κ1) is 35.9. The lowest BCUT2D eigenvalue weighted by Crippen LogP contribution is -2.66. The largest absolute Gasteiger partial charge is 0.481 e. The van der Waals surface area contributed by atoms with Gasteiger partial charge in [0.05, 0.1) is 17.7 Å². The quantitative estimate of drug-likeness (QED) is 0.184. The van der Waals surface area contributed by atoms with E-state index in [-0.39, 0.29) is 23.5 Å². The Labute approximate surface area is 321 Å². The summed E-state index contributed by atoms with van der Waals surface area (Å²) in [6, 6.07) is 23.2. The number of ether oxygens (including phenoxy) is 2. The highest BCUT2D eigenvalue weighted by Gasteiger charge is 2.47. The highest BCUT2D eigenvalue weighted by Crippen LogP contribution is 2.45. The number of pyridine rings is 1. The first-order chi connectivity index (χ1) is 25.8. The number of carbonyl (C=O) groups is 2. The van der Waals surface area contributed by atoms with E-state index in [9.17, 15) is 9.59 Å². The highest BCUT2D eigenvalue weighted by molar-refractivity contribution is 6.36. The van der Waals surface area contributed by atoms with Crippen molar-refractivity contribution in [2.24, 2.45) is 0 Å². The van der Waals surface area contributed by atoms with E-state index in [1.165, 1.54) is 11.1 Å². The summed E-state index contributed by atoms with van der Waals surface area (Å²) in [6.45, 7) is 5.62. The molecule has 9 nitrogen and oxygen atoms in total. The Kier molecular flexibility index (Phi) is 10.4. The van der Waals surface area contributed by atoms with Gasteiger partial charge in [-0.2, -0.15) is 4.98 Å². The Morgan fingerprint density at radius 3 is 2.43 bits per heavy atom. The number of amides is 2. The van der Waals surface area contributed by atoms with Crippen molar-refractivity contribution in [2.45, 2.75) is 69.7 Å². The van der Waals surface area contributed by atoms with E-state index < -0.39 is 0 Å². The summed E-state index contributed by atoms with van der Waals surface area (Å²) in [5.41, 5.74) is 8.54. The molecule has 2 N–H and O–H groups in total. The Morgan fingerprint density at radius 1 is 0.849 bits per heavy atom. The summed E-state index contributed by atoms with van der Waals surface area (Å²) >= 11 is 14.0. The minimum atomic E-state index is -0.213. The van der Waals surface area contributed by atoms with E-state index in [0.29, 0.717) is 42.7 Å². The van der Waals surface area contributed by atoms with Gasteiger partial charge in [0.25, 0.3) is 0 Å². The predicted octanol–water partition coefficient (Wildman–Crippen LogP) is 7.36. The van der Waals surface area contributed by atoms with Crippen LogP contribution in [0.15, 0.2) is 66.7 Å². The molecule has 3 aliphatic heterocycles. The van der Waals surface area contributed by atoms with Gasteiger partial charge in [0.1, 0.15) is 11.1 Å². The van der Waals surface area contributed by atoms with Crippen LogP contribution in [0.3, 0.4) is 0 Å². The lowest BCUT2D eigenvalue weighted by atomic mass is 9.88. The number of likely N-dealkylation sites (tertiary alicyclic amines) is 1. The van der Waals surface area contributed by atoms with Gasteiger partial charge in [-0.15, -0.1) is 0 Å². The highest BCUT2D eigenvalue weighted by atomic mass is 35.5. The monoisotopic (exact) mass is 753 g/mol. The Morgan fingerprint density at radius 2 is 1.64 bits per heavy atom. The van der Waals surface area contributed by atoms with E-state index in [1.54, 1.807) is 7.11 Å². The van der Waals surface area contributed by atoms with Crippen molar-refractivity contribution >= 4 is 35.0 Å². The Balaban J connectivity index is 0.964. The van der Waals surface area contributed by atoms with E-state index >= 15 is 0 Å². The normalized spacial score (nSPS) is 20.2. The predicted molar refractivity (Wildman–Crippen MR) is 207 cm³/mol. The molecule has 3 saturated heterocycles. The number of halogens is 2. The molecule has 2 amide bonds. The van der Waals surface area contributed by atoms with Crippen LogP contribution in [-0.4, -0.2) is 72.0 Å². The van der Waals surface area contributed by atoms with Crippen molar-refractivity contribution in [3.8, 4) is 34.0 Å². The van der Waals surface area contributed by atoms with Crippen LogP contribution >= 0.6 is 23.2 Å². The van der Waals surface area contributed by atoms with Crippen molar-refractivity contribution in [1.82, 2.24) is 25.4 Å². The zero-order valence-electron chi connectivity index (χ0n) is 30.1. The molecule has 3 fully saturated rings. The van der Waals surface area contributed by atoms with Crippen molar-refractivity contribution in [1.29, 1.82) is 0 Å². The topological polar surface area (TPSA) is 96.0 Å². The summed E-state index contributed by atoms with van der Waals surface area (Å²) in [5.74, 6) is 1.14. The molecule has 1 aliphatic carbocycles. The van der Waals surface area contributed by atoms with Crippen molar-refractivity contribution < 1.29 is 19.1 Å². The molecule has 4 aliphatic rings. The summed E-state index contributed by atoms with van der Waals surface area (Å²) in [6.07, 6.45) is 5.46. The maximum absolute atomic E-state index is 11.8. The third kappa shape index (κ3) is 7.63. The summed E-state index contributed by atoms with van der Waals surface area (Å²) in [5, 5.41) is 7.33. The van der Waals surface area contributed by atoms with Crippen LogP contribution in [0.1, 0.15) is 66.9 Å². The molecule has 11 heteroatoms. The van der Waals surface area contributed by atoms with Crippen LogP contribution in [0.2, 0.25) is 10.0 Å². The standard InChI is InChI=1S/C42H45Cl2N5O4/c1-52-40-29(24-49-25-42(26-49)18-17-38(51)47-42)22-35(43)41(46-40)53-36-16-15-32-31(7-5-8-33(32)36)34-9-4-6-30(39(34)44)28-13-11-27(12-14-28)23-48-20-3-2-10-37(50)45-19-21-48/h4-9,11-14,22,36H,2-3,10,15-21,23-26H2,1H3,(H,45,50)(H,47,51)/t36-/m0/s1. The molecule has 0 unspecified atom stereocenters. The average molecular weight is 755 g/mol. The SMILES string of the molecule is COc1nc(O[C@H]2CCc3c(-c4cccc(-c5ccc(CN6CCCCC(=O)NCC6)cc5)c4Cl)cccc32)c(Cl)cc1CN1CC2(CCC(=O)N2)C1. The molecule has 0 saturated carbocycles. The van der Waals surface area contributed by atoms with Gasteiger partial charge < -0.3 is 20.1 Å². The van der Waals surface area contributed by atoms with E-state index in [1.807, 2.05) is 6.07 Å². The number of nitrogens with zero attached hydrogens (tertiary/aromatic N) is 3. The molecule has 1 aromatic heterocycles. The van der Waals surface area contributed by atoms with E-state index in [2.05, 4.69) is 81.1 Å². The molecule has 0 radical (unpaired) electrons. The van der Waals surface area contributed by atoms with Gasteiger partial charge in [0.2, 0.25) is 23.6 Å². The van der Waals surface area contributed by atoms with Gasteiger partial charge in [-0.05, 0) is 72.5 Å². The average Bonchev–Trinajstić information content (AvgIpc) is 3.76. The fraction of sp³-hybridized carbons (Fsp3) is 0.405. The van der Waals surface area contributed by atoms with Crippen LogP contribution in [0.5, 0.6) is 11.8 Å². The summed E-state index contributed by atoms with van der Waals surface area (Å²) < 4.78 is 12.2. The van der Waals surface area contributed by atoms with E-state index in [0.717, 1.165) is 103 Å². The minimum Gasteiger partial charge on any atom is -0.481 e. The summed E-state index contributed by atoms with van der Waals surface area (Å²) in [4.78, 5) is 33.0. The fourth-order valence-electron chi connectivity index (χ4n) is 8.51. The second-order valence-electron chi connectivity index (χ2n) is 14.9. The van der Waals surface area contributed by atoms with Crippen LogP contribution in [0.4, 0.5) is 0 Å². The maximum Gasteiger partial charge on any atom is 0.236 e. The molecule has 1 spiro atoms. The van der Waals surface area contributed by atoms with Crippen molar-refractivity contribution in [3.05, 3.63) is 99.0 Å². The second kappa shape index (κ2) is 15.3. The van der Waals surface area contributed by atoms with Crippen LogP contribution in [0.25, 0.3) is 22.3 Å². The molecular weight excluding hydrogens is 709 g/mol. The maximum atomic E-state index is 11.8. The van der Waals surface area contributed by atoms with Crippen LogP contribution in [-0.2, 0) is 29.1 Å². The van der Waals surface area contributed by atoms with Crippen molar-refractivity contribution in [2.75, 3.05) is 39.8 Å². The van der Waals surface area contributed by atoms with Gasteiger partial charge >= 0.3 is 0 Å². The molecule has 276 valence electrons. The number of benzene rings is 3. The third-order valence-electron chi connectivity index (χ3n) is 11.2. The zero-order valence-corrected chi connectivity index (χ0v) is 31.6. The molecule has 3 aromatic carbocycles. The van der Waals surface area contributed by atoms with Crippen molar-refractivity contribution in [3.63, 3.8) is 0 Å². The van der Waals surface area contributed by atoms with Gasteiger partial charge in [0.15, 0.2) is 0 Å². The lowest BCUT2D eigenvalue weighted by molar-refractivity contribution is -0.121. The number of aromatic nitrogens is 1. The smallest absolute Gasteiger partial charge is 0.236 e. The molecule has 1 atom stereocenters.